The number of fused-ring (bicyclic) bond motifs is 1. The maximum Gasteiger partial charge on any atom is 0.410 e. The van der Waals surface area contributed by atoms with E-state index in [1.54, 1.807) is 29.7 Å². The molecule has 0 bridgehead atoms. The second-order valence-corrected chi connectivity index (χ2v) is 9.79. The van der Waals surface area contributed by atoms with Crippen LogP contribution in [0.3, 0.4) is 0 Å². The highest BCUT2D eigenvalue weighted by molar-refractivity contribution is 5.89. The molecule has 0 N–H and O–H groups in total. The second-order valence-electron chi connectivity index (χ2n) is 9.79. The van der Waals surface area contributed by atoms with Crippen molar-refractivity contribution in [1.29, 1.82) is 0 Å². The van der Waals surface area contributed by atoms with Gasteiger partial charge in [-0.1, -0.05) is 6.07 Å². The van der Waals surface area contributed by atoms with E-state index in [0.717, 1.165) is 28.0 Å². The summed E-state index contributed by atoms with van der Waals surface area (Å²) in [6.07, 6.45) is 8.45. The van der Waals surface area contributed by atoms with E-state index in [2.05, 4.69) is 33.7 Å². The standard InChI is InChI=1S/C25H30N6O2/c1-24(2,3)33-23(32)30-12-13-31(25(4,5)17-30)22-8-9-26-16-21(22)29-15-18-6-7-19-20(14-18)28-11-10-27-19/h6-11,14-16H,12-13,17H2,1-5H3. The zero-order valence-electron chi connectivity index (χ0n) is 19.8. The van der Waals surface area contributed by atoms with E-state index < -0.39 is 5.60 Å². The lowest BCUT2D eigenvalue weighted by molar-refractivity contribution is 0.0179. The van der Waals surface area contributed by atoms with Crippen LogP contribution in [0.1, 0.15) is 40.2 Å². The summed E-state index contributed by atoms with van der Waals surface area (Å²) < 4.78 is 5.58. The van der Waals surface area contributed by atoms with Crippen LogP contribution in [0.15, 0.2) is 54.0 Å². The van der Waals surface area contributed by atoms with Gasteiger partial charge in [0.15, 0.2) is 0 Å². The molecule has 8 nitrogen and oxygen atoms in total. The topological polar surface area (TPSA) is 83.8 Å². The third-order valence-corrected chi connectivity index (χ3v) is 5.47. The molecule has 1 aliphatic rings. The molecule has 2 aromatic heterocycles. The maximum absolute atomic E-state index is 12.6. The summed E-state index contributed by atoms with van der Waals surface area (Å²) in [5.41, 5.74) is 3.55. The van der Waals surface area contributed by atoms with Crippen LogP contribution >= 0.6 is 0 Å². The Hall–Kier alpha value is -3.55. The number of anilines is 1. The fraction of sp³-hybridized carbons (Fsp3) is 0.400. The first-order chi connectivity index (χ1) is 15.6. The molecule has 8 heteroatoms. The van der Waals surface area contributed by atoms with Crippen LogP contribution in [0.25, 0.3) is 11.0 Å². The molecule has 1 saturated heterocycles. The molecular formula is C25H30N6O2. The number of rotatable bonds is 3. The van der Waals surface area contributed by atoms with Crippen LogP contribution in [-0.2, 0) is 4.74 Å². The van der Waals surface area contributed by atoms with E-state index in [1.807, 2.05) is 51.3 Å². The van der Waals surface area contributed by atoms with Crippen molar-refractivity contribution in [1.82, 2.24) is 19.9 Å². The van der Waals surface area contributed by atoms with Crippen molar-refractivity contribution in [2.24, 2.45) is 4.99 Å². The van der Waals surface area contributed by atoms with Crippen molar-refractivity contribution >= 4 is 34.7 Å². The predicted molar refractivity (Wildman–Crippen MR) is 130 cm³/mol. The Balaban J connectivity index is 1.55. The minimum atomic E-state index is -0.514. The SMILES string of the molecule is CC(C)(C)OC(=O)N1CCN(c2ccncc2N=Cc2ccc3nccnc3c2)C(C)(C)C1. The van der Waals surface area contributed by atoms with Crippen molar-refractivity contribution in [3.8, 4) is 0 Å². The molecule has 0 unspecified atom stereocenters. The zero-order valence-corrected chi connectivity index (χ0v) is 19.8. The second kappa shape index (κ2) is 8.77. The molecule has 33 heavy (non-hydrogen) atoms. The van der Waals surface area contributed by atoms with Gasteiger partial charge in [-0.2, -0.15) is 0 Å². The number of pyridine rings is 1. The summed E-state index contributed by atoms with van der Waals surface area (Å²) in [4.78, 5) is 34.4. The van der Waals surface area contributed by atoms with Crippen LogP contribution in [-0.4, -0.2) is 62.9 Å². The number of hydrogen-bond acceptors (Lipinski definition) is 7. The van der Waals surface area contributed by atoms with Gasteiger partial charge >= 0.3 is 6.09 Å². The number of hydrogen-bond donors (Lipinski definition) is 0. The summed E-state index contributed by atoms with van der Waals surface area (Å²) >= 11 is 0. The fourth-order valence-corrected chi connectivity index (χ4v) is 3.99. The molecule has 3 aromatic rings. The molecular weight excluding hydrogens is 416 g/mol. The monoisotopic (exact) mass is 446 g/mol. The number of aliphatic imine (C=N–C) groups is 1. The Labute approximate surface area is 194 Å². The van der Waals surface area contributed by atoms with Crippen molar-refractivity contribution in [2.75, 3.05) is 24.5 Å². The van der Waals surface area contributed by atoms with Crippen LogP contribution in [0.2, 0.25) is 0 Å². The summed E-state index contributed by atoms with van der Waals surface area (Å²) in [5.74, 6) is 0. The summed E-state index contributed by atoms with van der Waals surface area (Å²) in [7, 11) is 0. The van der Waals surface area contributed by atoms with E-state index >= 15 is 0 Å². The lowest BCUT2D eigenvalue weighted by Gasteiger charge is -2.48. The fourth-order valence-electron chi connectivity index (χ4n) is 3.99. The van der Waals surface area contributed by atoms with Gasteiger partial charge in [-0.15, -0.1) is 0 Å². The third-order valence-electron chi connectivity index (χ3n) is 5.47. The highest BCUT2D eigenvalue weighted by Crippen LogP contribution is 2.35. The van der Waals surface area contributed by atoms with Crippen molar-refractivity contribution in [2.45, 2.75) is 45.8 Å². The normalized spacial score (nSPS) is 16.4. The molecule has 1 aromatic carbocycles. The van der Waals surface area contributed by atoms with E-state index in [-0.39, 0.29) is 11.6 Å². The van der Waals surface area contributed by atoms with Crippen LogP contribution in [0, 0.1) is 0 Å². The average Bonchev–Trinajstić information content (AvgIpc) is 2.76. The Kier molecular flexibility index (Phi) is 6.01. The Bertz CT molecular complexity index is 1180. The number of carbonyl (C=O) groups excluding carboxylic acids is 1. The molecule has 1 aliphatic heterocycles. The van der Waals surface area contributed by atoms with E-state index in [4.69, 9.17) is 9.73 Å². The van der Waals surface area contributed by atoms with Gasteiger partial charge in [0.25, 0.3) is 0 Å². The summed E-state index contributed by atoms with van der Waals surface area (Å²) in [6, 6.07) is 7.85. The van der Waals surface area contributed by atoms with E-state index in [1.165, 1.54) is 0 Å². The molecule has 1 amide bonds. The average molecular weight is 447 g/mol. The number of aromatic nitrogens is 3. The predicted octanol–water partition coefficient (Wildman–Crippen LogP) is 4.61. The number of nitrogens with zero attached hydrogens (tertiary/aromatic N) is 6. The zero-order chi connectivity index (χ0) is 23.6. The van der Waals surface area contributed by atoms with Crippen LogP contribution in [0.5, 0.6) is 0 Å². The van der Waals surface area contributed by atoms with Gasteiger partial charge in [0.1, 0.15) is 11.3 Å². The molecule has 1 fully saturated rings. The number of benzene rings is 1. The molecule has 172 valence electrons. The number of carbonyl (C=O) groups is 1. The van der Waals surface area contributed by atoms with Crippen LogP contribution in [0.4, 0.5) is 16.2 Å². The lowest BCUT2D eigenvalue weighted by atomic mass is 9.97. The third kappa shape index (κ3) is 5.27. The number of amides is 1. The van der Waals surface area contributed by atoms with Gasteiger partial charge in [0.05, 0.1) is 28.5 Å². The van der Waals surface area contributed by atoms with Gasteiger partial charge in [0.2, 0.25) is 0 Å². The highest BCUT2D eigenvalue weighted by Gasteiger charge is 2.38. The number of piperazine rings is 1. The molecule has 0 aliphatic carbocycles. The molecule has 3 heterocycles. The first-order valence-electron chi connectivity index (χ1n) is 11.1. The van der Waals surface area contributed by atoms with E-state index in [0.29, 0.717) is 19.6 Å². The van der Waals surface area contributed by atoms with Crippen molar-refractivity contribution in [3.05, 3.63) is 54.6 Å². The summed E-state index contributed by atoms with van der Waals surface area (Å²) in [6.45, 7) is 11.7. The number of ether oxygens (including phenoxy) is 1. The smallest absolute Gasteiger partial charge is 0.410 e. The van der Waals surface area contributed by atoms with Gasteiger partial charge in [0, 0.05) is 44.4 Å². The van der Waals surface area contributed by atoms with Crippen molar-refractivity contribution < 1.29 is 9.53 Å². The molecule has 0 radical (unpaired) electrons. The van der Waals surface area contributed by atoms with Gasteiger partial charge < -0.3 is 14.5 Å². The van der Waals surface area contributed by atoms with Gasteiger partial charge in [-0.25, -0.2) is 4.79 Å². The van der Waals surface area contributed by atoms with Crippen molar-refractivity contribution in [3.63, 3.8) is 0 Å². The largest absolute Gasteiger partial charge is 0.444 e. The maximum atomic E-state index is 12.6. The molecule has 0 spiro atoms. The Morgan fingerprint density at radius 1 is 1.09 bits per heavy atom. The van der Waals surface area contributed by atoms with Crippen LogP contribution < -0.4 is 4.90 Å². The summed E-state index contributed by atoms with van der Waals surface area (Å²) in [5, 5.41) is 0. The molecule has 0 saturated carbocycles. The lowest BCUT2D eigenvalue weighted by Crippen LogP contribution is -2.61. The molecule has 4 rings (SSSR count). The van der Waals surface area contributed by atoms with E-state index in [9.17, 15) is 4.79 Å². The quantitative estimate of drug-likeness (QED) is 0.546. The first kappa shape index (κ1) is 22.6. The Morgan fingerprint density at radius 2 is 1.85 bits per heavy atom. The van der Waals surface area contributed by atoms with Gasteiger partial charge in [-0.3, -0.25) is 19.9 Å². The highest BCUT2D eigenvalue weighted by atomic mass is 16.6. The minimum Gasteiger partial charge on any atom is -0.444 e. The van der Waals surface area contributed by atoms with Gasteiger partial charge in [-0.05, 0) is 58.4 Å². The first-order valence-corrected chi connectivity index (χ1v) is 11.1. The Morgan fingerprint density at radius 3 is 2.58 bits per heavy atom. The minimum absolute atomic E-state index is 0.275. The molecule has 0 atom stereocenters.